The Kier molecular flexibility index (Phi) is 4.63. The molecule has 2 aromatic heterocycles. The lowest BCUT2D eigenvalue weighted by Crippen LogP contribution is -2.54. The van der Waals surface area contributed by atoms with Crippen LogP contribution in [0.15, 0.2) is 17.8 Å². The van der Waals surface area contributed by atoms with Gasteiger partial charge in [-0.1, -0.05) is 13.3 Å². The van der Waals surface area contributed by atoms with Gasteiger partial charge in [0.2, 0.25) is 5.91 Å². The molecule has 5 nitrogen and oxygen atoms in total. The first kappa shape index (κ1) is 16.8. The highest BCUT2D eigenvalue weighted by Crippen LogP contribution is 2.41. The predicted octanol–water partition coefficient (Wildman–Crippen LogP) is 3.70. The molecule has 0 aromatic carbocycles. The van der Waals surface area contributed by atoms with Crippen molar-refractivity contribution in [1.82, 2.24) is 14.9 Å². The number of fused-ring (bicyclic) bond motifs is 1. The maximum absolute atomic E-state index is 12.3. The molecule has 4 rings (SSSR count). The lowest BCUT2D eigenvalue weighted by atomic mass is 9.73. The molecule has 1 spiro atoms. The third-order valence-corrected chi connectivity index (χ3v) is 6.55. The molecule has 2 saturated heterocycles. The number of unbranched alkanes of at least 4 members (excludes halogenated alkanes) is 1. The number of piperidine rings is 2. The quantitative estimate of drug-likeness (QED) is 0.836. The van der Waals surface area contributed by atoms with Crippen LogP contribution in [0.3, 0.4) is 0 Å². The Labute approximate surface area is 153 Å². The fourth-order valence-electron chi connectivity index (χ4n) is 4.41. The second-order valence-corrected chi connectivity index (χ2v) is 8.43. The van der Waals surface area contributed by atoms with Gasteiger partial charge in [-0.25, -0.2) is 9.97 Å². The summed E-state index contributed by atoms with van der Waals surface area (Å²) in [5.41, 5.74) is 0.229. The van der Waals surface area contributed by atoms with Crippen molar-refractivity contribution >= 4 is 33.3 Å². The molecule has 25 heavy (non-hydrogen) atoms. The number of carbonyl (C=O) groups excluding carboxylic acids is 1. The fourth-order valence-corrected chi connectivity index (χ4v) is 5.13. The molecule has 0 N–H and O–H groups in total. The average Bonchev–Trinajstić information content (AvgIpc) is 3.11. The van der Waals surface area contributed by atoms with Gasteiger partial charge in [0, 0.05) is 38.0 Å². The average molecular weight is 359 g/mol. The molecule has 4 heterocycles. The van der Waals surface area contributed by atoms with E-state index < -0.39 is 0 Å². The van der Waals surface area contributed by atoms with Crippen LogP contribution in [-0.2, 0) is 4.79 Å². The van der Waals surface area contributed by atoms with E-state index in [0.717, 1.165) is 56.1 Å². The van der Waals surface area contributed by atoms with Crippen LogP contribution in [0.2, 0.25) is 0 Å². The van der Waals surface area contributed by atoms with Crippen molar-refractivity contribution in [3.05, 3.63) is 17.8 Å². The molecule has 0 saturated carbocycles. The molecule has 2 aliphatic heterocycles. The van der Waals surface area contributed by atoms with Crippen molar-refractivity contribution in [1.29, 1.82) is 0 Å². The van der Waals surface area contributed by atoms with Gasteiger partial charge in [0.1, 0.15) is 17.0 Å². The maximum atomic E-state index is 12.3. The highest BCUT2D eigenvalue weighted by Gasteiger charge is 2.42. The molecule has 134 valence electrons. The van der Waals surface area contributed by atoms with E-state index in [0.29, 0.717) is 12.3 Å². The zero-order valence-corrected chi connectivity index (χ0v) is 15.7. The summed E-state index contributed by atoms with van der Waals surface area (Å²) in [5, 5.41) is 3.26. The maximum Gasteiger partial charge on any atom is 0.222 e. The minimum Gasteiger partial charge on any atom is -0.355 e. The van der Waals surface area contributed by atoms with Gasteiger partial charge in [-0.2, -0.15) is 0 Å². The molecule has 6 heteroatoms. The fraction of sp³-hybridized carbons (Fsp3) is 0.632. The van der Waals surface area contributed by atoms with Crippen LogP contribution in [0.5, 0.6) is 0 Å². The first-order valence-corrected chi connectivity index (χ1v) is 10.3. The van der Waals surface area contributed by atoms with Gasteiger partial charge in [-0.05, 0) is 37.1 Å². The smallest absolute Gasteiger partial charge is 0.222 e. The van der Waals surface area contributed by atoms with E-state index in [1.54, 1.807) is 17.7 Å². The zero-order chi connectivity index (χ0) is 17.3. The minimum absolute atomic E-state index is 0.229. The van der Waals surface area contributed by atoms with Crippen molar-refractivity contribution in [2.75, 3.05) is 31.1 Å². The topological polar surface area (TPSA) is 49.3 Å². The van der Waals surface area contributed by atoms with E-state index in [1.165, 1.54) is 18.2 Å². The van der Waals surface area contributed by atoms with Gasteiger partial charge in [0.15, 0.2) is 0 Å². The highest BCUT2D eigenvalue weighted by atomic mass is 32.1. The van der Waals surface area contributed by atoms with Crippen LogP contribution >= 0.6 is 11.3 Å². The van der Waals surface area contributed by atoms with Crippen molar-refractivity contribution in [3.8, 4) is 0 Å². The normalized spacial score (nSPS) is 24.4. The number of hydrogen-bond acceptors (Lipinski definition) is 5. The van der Waals surface area contributed by atoms with Crippen molar-refractivity contribution in [2.24, 2.45) is 5.41 Å². The third kappa shape index (κ3) is 3.24. The molecule has 0 radical (unpaired) electrons. The molecule has 2 aliphatic rings. The van der Waals surface area contributed by atoms with Crippen LogP contribution in [0.25, 0.3) is 10.2 Å². The number of rotatable bonds is 4. The first-order valence-electron chi connectivity index (χ1n) is 9.42. The Balaban J connectivity index is 1.56. The molecular formula is C19H26N4OS. The van der Waals surface area contributed by atoms with E-state index in [9.17, 15) is 4.79 Å². The molecule has 1 unspecified atom stereocenters. The molecule has 0 aliphatic carbocycles. The standard InChI is InChI=1S/C19H26N4OS/c1-2-3-9-22-12-19(8-5-16(22)24)7-4-10-23(13-19)17-15-6-11-25-18(15)21-14-20-17/h6,11,14H,2-5,7-10,12-13H2,1H3. The number of likely N-dealkylation sites (tertiary alicyclic amines) is 1. The summed E-state index contributed by atoms with van der Waals surface area (Å²) < 4.78 is 0. The summed E-state index contributed by atoms with van der Waals surface area (Å²) >= 11 is 1.67. The Bertz CT molecular complexity index is 761. The van der Waals surface area contributed by atoms with Crippen LogP contribution in [-0.4, -0.2) is 47.0 Å². The first-order chi connectivity index (χ1) is 12.2. The molecule has 2 aromatic rings. The lowest BCUT2D eigenvalue weighted by molar-refractivity contribution is -0.137. The number of aromatic nitrogens is 2. The summed E-state index contributed by atoms with van der Waals surface area (Å²) in [5.74, 6) is 1.42. The Hall–Kier alpha value is -1.69. The van der Waals surface area contributed by atoms with Gasteiger partial charge in [0.25, 0.3) is 0 Å². The molecule has 2 fully saturated rings. The van der Waals surface area contributed by atoms with Crippen LogP contribution < -0.4 is 4.90 Å². The van der Waals surface area contributed by atoms with Gasteiger partial charge in [0.05, 0.1) is 5.39 Å². The predicted molar refractivity (Wildman–Crippen MR) is 102 cm³/mol. The Morgan fingerprint density at radius 2 is 2.20 bits per heavy atom. The van der Waals surface area contributed by atoms with E-state index in [-0.39, 0.29) is 5.41 Å². The van der Waals surface area contributed by atoms with Crippen molar-refractivity contribution < 1.29 is 4.79 Å². The van der Waals surface area contributed by atoms with Gasteiger partial charge in [-0.3, -0.25) is 4.79 Å². The number of carbonyl (C=O) groups is 1. The summed E-state index contributed by atoms with van der Waals surface area (Å²) in [7, 11) is 0. The van der Waals surface area contributed by atoms with Crippen LogP contribution in [0.4, 0.5) is 5.82 Å². The molecular weight excluding hydrogens is 332 g/mol. The second kappa shape index (κ2) is 6.90. The number of thiophene rings is 1. The zero-order valence-electron chi connectivity index (χ0n) is 14.9. The molecule has 0 bridgehead atoms. The second-order valence-electron chi connectivity index (χ2n) is 7.53. The van der Waals surface area contributed by atoms with Crippen LogP contribution in [0.1, 0.15) is 45.4 Å². The minimum atomic E-state index is 0.229. The van der Waals surface area contributed by atoms with E-state index in [2.05, 4.69) is 38.1 Å². The monoisotopic (exact) mass is 358 g/mol. The lowest BCUT2D eigenvalue weighted by Gasteiger charge is -2.48. The largest absolute Gasteiger partial charge is 0.355 e. The molecule has 1 atom stereocenters. The van der Waals surface area contributed by atoms with Gasteiger partial charge in [-0.15, -0.1) is 11.3 Å². The SMILES string of the molecule is CCCCN1CC2(CCCN(c3ncnc4sccc34)C2)CCC1=O. The summed E-state index contributed by atoms with van der Waals surface area (Å²) in [6.07, 6.45) is 8.04. The highest BCUT2D eigenvalue weighted by molar-refractivity contribution is 7.16. The van der Waals surface area contributed by atoms with Gasteiger partial charge >= 0.3 is 0 Å². The van der Waals surface area contributed by atoms with Gasteiger partial charge < -0.3 is 9.80 Å². The number of amides is 1. The van der Waals surface area contributed by atoms with Crippen LogP contribution in [0, 0.1) is 5.41 Å². The summed E-state index contributed by atoms with van der Waals surface area (Å²) in [4.78, 5) is 26.9. The van der Waals surface area contributed by atoms with E-state index in [4.69, 9.17) is 0 Å². The van der Waals surface area contributed by atoms with Crippen molar-refractivity contribution in [3.63, 3.8) is 0 Å². The van der Waals surface area contributed by atoms with E-state index >= 15 is 0 Å². The summed E-state index contributed by atoms with van der Waals surface area (Å²) in [6, 6.07) is 2.13. The van der Waals surface area contributed by atoms with Crippen molar-refractivity contribution in [2.45, 2.75) is 45.4 Å². The number of hydrogen-bond donors (Lipinski definition) is 0. The summed E-state index contributed by atoms with van der Waals surface area (Å²) in [6.45, 7) is 6.07. The number of nitrogens with zero attached hydrogens (tertiary/aromatic N) is 4. The van der Waals surface area contributed by atoms with E-state index in [1.807, 2.05) is 0 Å². The number of anilines is 1. The molecule has 1 amide bonds. The Morgan fingerprint density at radius 3 is 3.08 bits per heavy atom. The Morgan fingerprint density at radius 1 is 1.28 bits per heavy atom. The third-order valence-electron chi connectivity index (χ3n) is 5.73.